The van der Waals surface area contributed by atoms with Crippen LogP contribution in [0.15, 0.2) is 23.5 Å². The zero-order valence-electron chi connectivity index (χ0n) is 8.42. The fourth-order valence-corrected chi connectivity index (χ4v) is 1.23. The second-order valence-electron chi connectivity index (χ2n) is 3.87. The summed E-state index contributed by atoms with van der Waals surface area (Å²) in [6.45, 7) is 9.50. The van der Waals surface area contributed by atoms with Crippen molar-refractivity contribution in [1.82, 2.24) is 0 Å². The van der Waals surface area contributed by atoms with Crippen LogP contribution in [0.2, 0.25) is 0 Å². The van der Waals surface area contributed by atoms with Crippen LogP contribution >= 0.6 is 0 Å². The van der Waals surface area contributed by atoms with Gasteiger partial charge in [-0.15, -0.1) is 0 Å². The fraction of sp³-hybridized carbons (Fsp3) is 0.636. The van der Waals surface area contributed by atoms with Crippen LogP contribution in [0.1, 0.15) is 27.7 Å². The highest BCUT2D eigenvalue weighted by molar-refractivity contribution is 5.26. The van der Waals surface area contributed by atoms with Crippen LogP contribution in [0.3, 0.4) is 0 Å². The van der Waals surface area contributed by atoms with E-state index in [1.54, 1.807) is 0 Å². The van der Waals surface area contributed by atoms with Gasteiger partial charge < -0.3 is 4.74 Å². The van der Waals surface area contributed by atoms with Gasteiger partial charge in [0.05, 0.1) is 5.76 Å². The standard InChI is InChI=1S/C11H18O/c1-8(2)10-5-6-12-11(7-10)9(3)4/h5,7-9H,6H2,1-4H3. The predicted octanol–water partition coefficient (Wildman–Crippen LogP) is 3.14. The number of hydrogen-bond donors (Lipinski definition) is 0. The number of rotatable bonds is 2. The van der Waals surface area contributed by atoms with Crippen molar-refractivity contribution in [2.75, 3.05) is 6.61 Å². The van der Waals surface area contributed by atoms with E-state index in [1.165, 1.54) is 5.57 Å². The number of allylic oxidation sites excluding steroid dienone is 3. The lowest BCUT2D eigenvalue weighted by Gasteiger charge is -2.19. The van der Waals surface area contributed by atoms with E-state index in [9.17, 15) is 0 Å². The molecule has 0 fully saturated rings. The second kappa shape index (κ2) is 3.79. The summed E-state index contributed by atoms with van der Waals surface area (Å²) in [5, 5.41) is 0. The molecule has 12 heavy (non-hydrogen) atoms. The maximum Gasteiger partial charge on any atom is 0.106 e. The lowest BCUT2D eigenvalue weighted by Crippen LogP contribution is -2.08. The van der Waals surface area contributed by atoms with Gasteiger partial charge in [-0.1, -0.05) is 27.7 Å². The van der Waals surface area contributed by atoms with Crippen LogP contribution < -0.4 is 0 Å². The Morgan fingerprint density at radius 2 is 1.83 bits per heavy atom. The third-order valence-corrected chi connectivity index (χ3v) is 2.11. The van der Waals surface area contributed by atoms with Crippen molar-refractivity contribution in [3.63, 3.8) is 0 Å². The smallest absolute Gasteiger partial charge is 0.106 e. The molecular weight excluding hydrogens is 148 g/mol. The normalized spacial score (nSPS) is 17.5. The zero-order valence-corrected chi connectivity index (χ0v) is 8.42. The molecule has 1 heteroatoms. The molecule has 1 nitrogen and oxygen atoms in total. The molecule has 0 aromatic carbocycles. The molecular formula is C11H18O. The van der Waals surface area contributed by atoms with Gasteiger partial charge in [-0.3, -0.25) is 0 Å². The summed E-state index contributed by atoms with van der Waals surface area (Å²) in [6.07, 6.45) is 4.34. The van der Waals surface area contributed by atoms with Crippen LogP contribution in [-0.4, -0.2) is 6.61 Å². The van der Waals surface area contributed by atoms with Gasteiger partial charge in [-0.2, -0.15) is 0 Å². The first-order valence-electron chi connectivity index (χ1n) is 4.65. The Balaban J connectivity index is 2.74. The van der Waals surface area contributed by atoms with Crippen molar-refractivity contribution >= 4 is 0 Å². The number of hydrogen-bond acceptors (Lipinski definition) is 1. The van der Waals surface area contributed by atoms with Gasteiger partial charge in [0.2, 0.25) is 0 Å². The van der Waals surface area contributed by atoms with E-state index in [4.69, 9.17) is 4.74 Å². The van der Waals surface area contributed by atoms with Crippen LogP contribution in [0.25, 0.3) is 0 Å². The SMILES string of the molecule is CC(C)C1=CCOC(C(C)C)=C1. The molecule has 0 unspecified atom stereocenters. The molecule has 0 N–H and O–H groups in total. The number of ether oxygens (including phenoxy) is 1. The summed E-state index contributed by atoms with van der Waals surface area (Å²) in [5.41, 5.74) is 1.41. The van der Waals surface area contributed by atoms with E-state index >= 15 is 0 Å². The summed E-state index contributed by atoms with van der Waals surface area (Å²) in [6, 6.07) is 0. The summed E-state index contributed by atoms with van der Waals surface area (Å²) < 4.78 is 5.50. The summed E-state index contributed by atoms with van der Waals surface area (Å²) in [4.78, 5) is 0. The van der Waals surface area contributed by atoms with Gasteiger partial charge in [0, 0.05) is 5.92 Å². The van der Waals surface area contributed by atoms with Gasteiger partial charge in [0.25, 0.3) is 0 Å². The highest BCUT2D eigenvalue weighted by atomic mass is 16.5. The van der Waals surface area contributed by atoms with E-state index < -0.39 is 0 Å². The Morgan fingerprint density at radius 1 is 1.17 bits per heavy atom. The highest BCUT2D eigenvalue weighted by Gasteiger charge is 2.11. The third kappa shape index (κ3) is 2.13. The summed E-state index contributed by atoms with van der Waals surface area (Å²) in [7, 11) is 0. The van der Waals surface area contributed by atoms with Crippen molar-refractivity contribution in [3.8, 4) is 0 Å². The predicted molar refractivity (Wildman–Crippen MR) is 51.8 cm³/mol. The second-order valence-corrected chi connectivity index (χ2v) is 3.87. The molecule has 0 amide bonds. The molecule has 0 saturated carbocycles. The van der Waals surface area contributed by atoms with E-state index in [0.29, 0.717) is 11.8 Å². The topological polar surface area (TPSA) is 9.23 Å². The molecule has 1 rings (SSSR count). The minimum atomic E-state index is 0.507. The average molecular weight is 166 g/mol. The molecule has 0 saturated heterocycles. The first-order valence-corrected chi connectivity index (χ1v) is 4.65. The van der Waals surface area contributed by atoms with E-state index in [0.717, 1.165) is 12.4 Å². The molecule has 1 heterocycles. The Kier molecular flexibility index (Phi) is 2.96. The average Bonchev–Trinajstić information content (AvgIpc) is 2.04. The van der Waals surface area contributed by atoms with Crippen molar-refractivity contribution in [1.29, 1.82) is 0 Å². The Morgan fingerprint density at radius 3 is 2.33 bits per heavy atom. The van der Waals surface area contributed by atoms with Crippen LogP contribution in [0, 0.1) is 11.8 Å². The van der Waals surface area contributed by atoms with Gasteiger partial charge in [0.1, 0.15) is 6.61 Å². The molecule has 0 aliphatic carbocycles. The van der Waals surface area contributed by atoms with Crippen LogP contribution in [0.5, 0.6) is 0 Å². The molecule has 1 aliphatic heterocycles. The molecule has 0 aromatic heterocycles. The lowest BCUT2D eigenvalue weighted by molar-refractivity contribution is 0.209. The molecule has 0 radical (unpaired) electrons. The molecule has 0 atom stereocenters. The molecule has 0 aromatic rings. The van der Waals surface area contributed by atoms with E-state index in [-0.39, 0.29) is 0 Å². The third-order valence-electron chi connectivity index (χ3n) is 2.11. The van der Waals surface area contributed by atoms with Crippen LogP contribution in [0.4, 0.5) is 0 Å². The van der Waals surface area contributed by atoms with Gasteiger partial charge in [-0.05, 0) is 23.6 Å². The van der Waals surface area contributed by atoms with Crippen molar-refractivity contribution < 1.29 is 4.74 Å². The monoisotopic (exact) mass is 166 g/mol. The molecule has 0 spiro atoms. The first kappa shape index (κ1) is 9.37. The minimum Gasteiger partial charge on any atom is -0.494 e. The van der Waals surface area contributed by atoms with Gasteiger partial charge in [0.15, 0.2) is 0 Å². The van der Waals surface area contributed by atoms with E-state index in [1.807, 2.05) is 0 Å². The summed E-state index contributed by atoms with van der Waals surface area (Å²) >= 11 is 0. The molecule has 0 bridgehead atoms. The highest BCUT2D eigenvalue weighted by Crippen LogP contribution is 2.22. The largest absolute Gasteiger partial charge is 0.494 e. The zero-order chi connectivity index (χ0) is 9.14. The van der Waals surface area contributed by atoms with Crippen LogP contribution in [-0.2, 0) is 4.74 Å². The maximum atomic E-state index is 5.50. The van der Waals surface area contributed by atoms with Crippen molar-refractivity contribution in [2.45, 2.75) is 27.7 Å². The van der Waals surface area contributed by atoms with Gasteiger partial charge in [-0.25, -0.2) is 0 Å². The maximum absolute atomic E-state index is 5.50. The quantitative estimate of drug-likeness (QED) is 0.612. The fourth-order valence-electron chi connectivity index (χ4n) is 1.23. The Bertz CT molecular complexity index is 209. The minimum absolute atomic E-state index is 0.507. The van der Waals surface area contributed by atoms with Crippen molar-refractivity contribution in [2.24, 2.45) is 11.8 Å². The first-order chi connectivity index (χ1) is 5.61. The van der Waals surface area contributed by atoms with Crippen molar-refractivity contribution in [3.05, 3.63) is 23.5 Å². The molecule has 1 aliphatic rings. The lowest BCUT2D eigenvalue weighted by atomic mass is 9.98. The summed E-state index contributed by atoms with van der Waals surface area (Å²) in [5.74, 6) is 2.25. The Hall–Kier alpha value is -0.720. The van der Waals surface area contributed by atoms with Gasteiger partial charge >= 0.3 is 0 Å². The molecule has 68 valence electrons. The van der Waals surface area contributed by atoms with E-state index in [2.05, 4.69) is 39.8 Å². The Labute approximate surface area is 75.1 Å².